The van der Waals surface area contributed by atoms with Crippen LogP contribution in [0.5, 0.6) is 0 Å². The second kappa shape index (κ2) is 3.90. The molecule has 0 radical (unpaired) electrons. The van der Waals surface area contributed by atoms with Crippen LogP contribution in [0, 0.1) is 0 Å². The quantitative estimate of drug-likeness (QED) is 0.738. The van der Waals surface area contributed by atoms with Gasteiger partial charge in [-0.05, 0) is 36.1 Å². The van der Waals surface area contributed by atoms with Crippen LogP contribution in [0.2, 0.25) is 0 Å². The molecule has 0 aliphatic carbocycles. The molecule has 0 amide bonds. The summed E-state index contributed by atoms with van der Waals surface area (Å²) in [5.74, 6) is 0. The molecule has 2 N–H and O–H groups in total. The van der Waals surface area contributed by atoms with Crippen LogP contribution in [-0.2, 0) is 24.2 Å². The van der Waals surface area contributed by atoms with E-state index in [0.29, 0.717) is 0 Å². The van der Waals surface area contributed by atoms with Crippen molar-refractivity contribution in [2.75, 3.05) is 13.2 Å². The van der Waals surface area contributed by atoms with E-state index in [2.05, 4.69) is 18.2 Å². The van der Waals surface area contributed by atoms with Gasteiger partial charge in [0.15, 0.2) is 0 Å². The molecule has 1 aliphatic heterocycles. The summed E-state index contributed by atoms with van der Waals surface area (Å²) in [5, 5.41) is 0. The lowest BCUT2D eigenvalue weighted by molar-refractivity contribution is 0.110. The first kappa shape index (κ1) is 8.73. The highest BCUT2D eigenvalue weighted by Gasteiger charge is 2.08. The summed E-state index contributed by atoms with van der Waals surface area (Å²) in [5.41, 5.74) is 9.61. The highest BCUT2D eigenvalue weighted by atomic mass is 16.5. The summed E-state index contributed by atoms with van der Waals surface area (Å²) in [7, 11) is 0. The Kier molecular flexibility index (Phi) is 2.62. The smallest absolute Gasteiger partial charge is 0.0719 e. The van der Waals surface area contributed by atoms with E-state index in [1.165, 1.54) is 16.7 Å². The molecule has 0 spiro atoms. The molecular weight excluding hydrogens is 162 g/mol. The summed E-state index contributed by atoms with van der Waals surface area (Å²) < 4.78 is 5.40. The maximum absolute atomic E-state index is 5.51. The van der Waals surface area contributed by atoms with E-state index < -0.39 is 0 Å². The molecule has 2 heteroatoms. The van der Waals surface area contributed by atoms with Crippen molar-refractivity contribution in [2.45, 2.75) is 19.4 Å². The van der Waals surface area contributed by atoms with Crippen LogP contribution < -0.4 is 5.73 Å². The minimum absolute atomic E-state index is 0.722. The third kappa shape index (κ3) is 1.90. The summed E-state index contributed by atoms with van der Waals surface area (Å²) in [4.78, 5) is 0. The molecule has 1 aliphatic rings. The highest BCUT2D eigenvalue weighted by Crippen LogP contribution is 2.18. The predicted molar refractivity (Wildman–Crippen MR) is 52.6 cm³/mol. The average Bonchev–Trinajstić information content (AvgIpc) is 2.18. The van der Waals surface area contributed by atoms with E-state index in [1.54, 1.807) is 0 Å². The van der Waals surface area contributed by atoms with Crippen molar-refractivity contribution in [3.05, 3.63) is 34.9 Å². The monoisotopic (exact) mass is 177 g/mol. The first-order valence-electron chi connectivity index (χ1n) is 4.78. The van der Waals surface area contributed by atoms with Gasteiger partial charge in [-0.1, -0.05) is 18.2 Å². The fourth-order valence-electron chi connectivity index (χ4n) is 1.74. The van der Waals surface area contributed by atoms with Crippen LogP contribution >= 0.6 is 0 Å². The third-order valence-corrected chi connectivity index (χ3v) is 2.48. The SMILES string of the molecule is NCCc1ccc2c(c1)COCC2. The van der Waals surface area contributed by atoms with E-state index in [4.69, 9.17) is 10.5 Å². The van der Waals surface area contributed by atoms with Gasteiger partial charge in [0, 0.05) is 0 Å². The molecule has 0 bridgehead atoms. The molecule has 1 heterocycles. The molecule has 2 nitrogen and oxygen atoms in total. The second-order valence-corrected chi connectivity index (χ2v) is 3.44. The molecule has 13 heavy (non-hydrogen) atoms. The summed E-state index contributed by atoms with van der Waals surface area (Å²) in [6.07, 6.45) is 2.02. The number of hydrogen-bond acceptors (Lipinski definition) is 2. The molecule has 2 rings (SSSR count). The van der Waals surface area contributed by atoms with Gasteiger partial charge >= 0.3 is 0 Å². The van der Waals surface area contributed by atoms with E-state index >= 15 is 0 Å². The van der Waals surface area contributed by atoms with E-state index in [9.17, 15) is 0 Å². The minimum atomic E-state index is 0.722. The maximum Gasteiger partial charge on any atom is 0.0719 e. The van der Waals surface area contributed by atoms with Crippen molar-refractivity contribution < 1.29 is 4.74 Å². The molecule has 70 valence electrons. The van der Waals surface area contributed by atoms with Crippen molar-refractivity contribution in [2.24, 2.45) is 5.73 Å². The van der Waals surface area contributed by atoms with Crippen molar-refractivity contribution >= 4 is 0 Å². The van der Waals surface area contributed by atoms with Crippen LogP contribution in [0.25, 0.3) is 0 Å². The molecule has 0 aromatic heterocycles. The Labute approximate surface area is 78.7 Å². The summed E-state index contributed by atoms with van der Waals surface area (Å²) in [6.45, 7) is 2.36. The van der Waals surface area contributed by atoms with Crippen molar-refractivity contribution in [3.8, 4) is 0 Å². The molecule has 0 atom stereocenters. The fraction of sp³-hybridized carbons (Fsp3) is 0.455. The Balaban J connectivity index is 2.24. The Morgan fingerprint density at radius 2 is 2.23 bits per heavy atom. The van der Waals surface area contributed by atoms with Gasteiger partial charge in [-0.15, -0.1) is 0 Å². The Morgan fingerprint density at radius 1 is 1.31 bits per heavy atom. The zero-order valence-electron chi connectivity index (χ0n) is 7.75. The predicted octanol–water partition coefficient (Wildman–Crippen LogP) is 1.26. The Morgan fingerprint density at radius 3 is 3.08 bits per heavy atom. The largest absolute Gasteiger partial charge is 0.376 e. The van der Waals surface area contributed by atoms with Gasteiger partial charge in [-0.2, -0.15) is 0 Å². The molecule has 0 saturated carbocycles. The highest BCUT2D eigenvalue weighted by molar-refractivity contribution is 5.33. The van der Waals surface area contributed by atoms with Crippen molar-refractivity contribution in [3.63, 3.8) is 0 Å². The lowest BCUT2D eigenvalue weighted by Gasteiger charge is -2.17. The Hall–Kier alpha value is -0.860. The number of fused-ring (bicyclic) bond motifs is 1. The number of ether oxygens (including phenoxy) is 1. The lowest BCUT2D eigenvalue weighted by atomic mass is 9.99. The van der Waals surface area contributed by atoms with Crippen LogP contribution in [0.4, 0.5) is 0 Å². The minimum Gasteiger partial charge on any atom is -0.376 e. The van der Waals surface area contributed by atoms with E-state index in [0.717, 1.165) is 32.6 Å². The first-order valence-corrected chi connectivity index (χ1v) is 4.78. The van der Waals surface area contributed by atoms with Crippen molar-refractivity contribution in [1.29, 1.82) is 0 Å². The van der Waals surface area contributed by atoms with Gasteiger partial charge in [0.2, 0.25) is 0 Å². The number of benzene rings is 1. The van der Waals surface area contributed by atoms with Crippen LogP contribution in [0.3, 0.4) is 0 Å². The molecule has 1 aromatic rings. The summed E-state index contributed by atoms with van der Waals surface area (Å²) >= 11 is 0. The zero-order chi connectivity index (χ0) is 9.10. The molecule has 0 saturated heterocycles. The molecule has 0 unspecified atom stereocenters. The van der Waals surface area contributed by atoms with Crippen LogP contribution in [0.15, 0.2) is 18.2 Å². The number of rotatable bonds is 2. The van der Waals surface area contributed by atoms with Gasteiger partial charge in [0.05, 0.1) is 13.2 Å². The molecule has 0 fully saturated rings. The van der Waals surface area contributed by atoms with Gasteiger partial charge in [0.25, 0.3) is 0 Å². The topological polar surface area (TPSA) is 35.2 Å². The van der Waals surface area contributed by atoms with E-state index in [-0.39, 0.29) is 0 Å². The van der Waals surface area contributed by atoms with Crippen molar-refractivity contribution in [1.82, 2.24) is 0 Å². The average molecular weight is 177 g/mol. The van der Waals surface area contributed by atoms with Gasteiger partial charge in [0.1, 0.15) is 0 Å². The van der Waals surface area contributed by atoms with E-state index in [1.807, 2.05) is 0 Å². The number of nitrogens with two attached hydrogens (primary N) is 1. The standard InChI is InChI=1S/C11H15NO/c12-5-3-9-1-2-10-4-6-13-8-11(10)7-9/h1-2,7H,3-6,8,12H2. The normalized spacial score (nSPS) is 15.5. The molecular formula is C11H15NO. The first-order chi connectivity index (χ1) is 6.40. The van der Waals surface area contributed by atoms with Crippen LogP contribution in [-0.4, -0.2) is 13.2 Å². The zero-order valence-corrected chi connectivity index (χ0v) is 7.75. The van der Waals surface area contributed by atoms with Gasteiger partial charge in [-0.3, -0.25) is 0 Å². The summed E-state index contributed by atoms with van der Waals surface area (Å²) in [6, 6.07) is 6.61. The lowest BCUT2D eigenvalue weighted by Crippen LogP contribution is -2.11. The Bertz CT molecular complexity index is 296. The fourth-order valence-corrected chi connectivity index (χ4v) is 1.74. The van der Waals surface area contributed by atoms with Gasteiger partial charge < -0.3 is 10.5 Å². The second-order valence-electron chi connectivity index (χ2n) is 3.44. The third-order valence-electron chi connectivity index (χ3n) is 2.48. The number of hydrogen-bond donors (Lipinski definition) is 1. The molecule has 1 aromatic carbocycles. The van der Waals surface area contributed by atoms with Crippen LogP contribution in [0.1, 0.15) is 16.7 Å². The van der Waals surface area contributed by atoms with Gasteiger partial charge in [-0.25, -0.2) is 0 Å². The maximum atomic E-state index is 5.51.